The van der Waals surface area contributed by atoms with Crippen LogP contribution in [0.1, 0.15) is 21.7 Å². The summed E-state index contributed by atoms with van der Waals surface area (Å²) in [6.07, 6.45) is 1.65. The highest BCUT2D eigenvalue weighted by atomic mass is 79.9. The molecule has 0 saturated heterocycles. The molecule has 1 aromatic heterocycles. The molecule has 0 saturated carbocycles. The van der Waals surface area contributed by atoms with Gasteiger partial charge in [-0.2, -0.15) is 0 Å². The number of carbonyl (C=O) groups excluding carboxylic acids is 1. The summed E-state index contributed by atoms with van der Waals surface area (Å²) in [5.41, 5.74) is 1.81. The van der Waals surface area contributed by atoms with Crippen LogP contribution in [0.25, 0.3) is 11.0 Å². The van der Waals surface area contributed by atoms with Crippen LogP contribution in [0.15, 0.2) is 57.4 Å². The lowest BCUT2D eigenvalue weighted by Gasteiger charge is -2.05. The van der Waals surface area contributed by atoms with Crippen molar-refractivity contribution >= 4 is 42.7 Å². The molecule has 136 valence electrons. The van der Waals surface area contributed by atoms with Crippen molar-refractivity contribution in [1.82, 2.24) is 0 Å². The monoisotopic (exact) mass is 436 g/mol. The minimum atomic E-state index is -3.10. The fraction of sp³-hybridized carbons (Fsp3) is 0.211. The van der Waals surface area contributed by atoms with E-state index < -0.39 is 15.8 Å². The number of halogens is 1. The van der Waals surface area contributed by atoms with E-state index in [9.17, 15) is 13.2 Å². The second-order valence-electron chi connectivity index (χ2n) is 6.05. The fourth-order valence-electron chi connectivity index (χ4n) is 2.56. The molecule has 0 spiro atoms. The van der Waals surface area contributed by atoms with Crippen LogP contribution in [-0.2, 0) is 26.7 Å². The van der Waals surface area contributed by atoms with Gasteiger partial charge in [-0.3, -0.25) is 0 Å². The zero-order valence-electron chi connectivity index (χ0n) is 14.1. The van der Waals surface area contributed by atoms with Gasteiger partial charge in [-0.1, -0.05) is 28.1 Å². The molecule has 0 N–H and O–H groups in total. The SMILES string of the molecule is CS(=O)(=O)Cc1ccc(C(=O)OCCc2cc3cc(Br)ccc3o2)cc1. The lowest BCUT2D eigenvalue weighted by molar-refractivity contribution is 0.0505. The highest BCUT2D eigenvalue weighted by Crippen LogP contribution is 2.23. The van der Waals surface area contributed by atoms with Crippen LogP contribution in [-0.4, -0.2) is 27.2 Å². The van der Waals surface area contributed by atoms with Crippen molar-refractivity contribution in [2.45, 2.75) is 12.2 Å². The zero-order chi connectivity index (χ0) is 18.7. The van der Waals surface area contributed by atoms with E-state index in [2.05, 4.69) is 15.9 Å². The van der Waals surface area contributed by atoms with Crippen molar-refractivity contribution in [3.63, 3.8) is 0 Å². The van der Waals surface area contributed by atoms with Gasteiger partial charge in [0.25, 0.3) is 0 Å². The molecular formula is C19H17BrO5S. The third kappa shape index (κ3) is 4.95. The number of carbonyl (C=O) groups is 1. The van der Waals surface area contributed by atoms with E-state index in [1.165, 1.54) is 6.26 Å². The topological polar surface area (TPSA) is 73.6 Å². The van der Waals surface area contributed by atoms with Crippen LogP contribution in [0.2, 0.25) is 0 Å². The first-order valence-corrected chi connectivity index (χ1v) is 10.8. The predicted molar refractivity (Wildman–Crippen MR) is 103 cm³/mol. The molecule has 3 rings (SSSR count). The van der Waals surface area contributed by atoms with Gasteiger partial charge in [0.2, 0.25) is 0 Å². The van der Waals surface area contributed by atoms with Gasteiger partial charge in [-0.05, 0) is 42.0 Å². The molecule has 1 heterocycles. The Hall–Kier alpha value is -2.12. The third-order valence-electron chi connectivity index (χ3n) is 3.73. The van der Waals surface area contributed by atoms with Crippen molar-refractivity contribution in [2.24, 2.45) is 0 Å². The first-order chi connectivity index (χ1) is 12.3. The predicted octanol–water partition coefficient (Wildman–Crippen LogP) is 4.14. The summed E-state index contributed by atoms with van der Waals surface area (Å²) in [6.45, 7) is 0.199. The second kappa shape index (κ2) is 7.63. The molecule has 0 amide bonds. The first kappa shape index (κ1) is 18.7. The Morgan fingerprint density at radius 1 is 1.12 bits per heavy atom. The Balaban J connectivity index is 1.56. The maximum Gasteiger partial charge on any atom is 0.338 e. The summed E-state index contributed by atoms with van der Waals surface area (Å²) in [5, 5.41) is 0.988. The molecular weight excluding hydrogens is 420 g/mol. The van der Waals surface area contributed by atoms with Crippen molar-refractivity contribution in [3.05, 3.63) is 69.9 Å². The first-order valence-electron chi connectivity index (χ1n) is 7.92. The van der Waals surface area contributed by atoms with Gasteiger partial charge in [-0.15, -0.1) is 0 Å². The van der Waals surface area contributed by atoms with E-state index in [1.54, 1.807) is 24.3 Å². The van der Waals surface area contributed by atoms with Gasteiger partial charge >= 0.3 is 5.97 Å². The van der Waals surface area contributed by atoms with Gasteiger partial charge in [-0.25, -0.2) is 13.2 Å². The quantitative estimate of drug-likeness (QED) is 0.542. The van der Waals surface area contributed by atoms with Crippen LogP contribution < -0.4 is 0 Å². The summed E-state index contributed by atoms with van der Waals surface area (Å²) in [5.74, 6) is 0.244. The number of sulfone groups is 1. The molecule has 26 heavy (non-hydrogen) atoms. The van der Waals surface area contributed by atoms with E-state index in [4.69, 9.17) is 9.15 Å². The molecule has 0 atom stereocenters. The van der Waals surface area contributed by atoms with Crippen LogP contribution in [0.4, 0.5) is 0 Å². The molecule has 0 bridgehead atoms. The van der Waals surface area contributed by atoms with Crippen molar-refractivity contribution in [1.29, 1.82) is 0 Å². The van der Waals surface area contributed by atoms with Gasteiger partial charge in [0, 0.05) is 22.5 Å². The molecule has 3 aromatic rings. The summed E-state index contributed by atoms with van der Waals surface area (Å²) in [6, 6.07) is 14.1. The Morgan fingerprint density at radius 2 is 1.85 bits per heavy atom. The van der Waals surface area contributed by atoms with Crippen molar-refractivity contribution < 1.29 is 22.4 Å². The number of hydrogen-bond donors (Lipinski definition) is 0. The fourth-order valence-corrected chi connectivity index (χ4v) is 3.74. The normalized spacial score (nSPS) is 11.6. The maximum absolute atomic E-state index is 12.1. The lowest BCUT2D eigenvalue weighted by atomic mass is 10.1. The third-order valence-corrected chi connectivity index (χ3v) is 5.08. The number of ether oxygens (including phenoxy) is 1. The highest BCUT2D eigenvalue weighted by molar-refractivity contribution is 9.10. The Labute approximate surface area is 160 Å². The summed E-state index contributed by atoms with van der Waals surface area (Å²) in [7, 11) is -3.10. The van der Waals surface area contributed by atoms with E-state index in [0.29, 0.717) is 17.5 Å². The Morgan fingerprint density at radius 3 is 2.54 bits per heavy atom. The number of hydrogen-bond acceptors (Lipinski definition) is 5. The van der Waals surface area contributed by atoms with E-state index in [-0.39, 0.29) is 12.4 Å². The maximum atomic E-state index is 12.1. The Bertz CT molecular complexity index is 1040. The Kier molecular flexibility index (Phi) is 5.48. The lowest BCUT2D eigenvalue weighted by Crippen LogP contribution is -2.08. The molecule has 5 nitrogen and oxygen atoms in total. The number of benzene rings is 2. The summed E-state index contributed by atoms with van der Waals surface area (Å²) >= 11 is 3.42. The minimum absolute atomic E-state index is 0.0511. The number of furan rings is 1. The molecule has 0 aliphatic carbocycles. The molecule has 0 radical (unpaired) electrons. The zero-order valence-corrected chi connectivity index (χ0v) is 16.5. The van der Waals surface area contributed by atoms with E-state index in [0.717, 1.165) is 21.2 Å². The summed E-state index contributed by atoms with van der Waals surface area (Å²) in [4.78, 5) is 12.1. The average molecular weight is 437 g/mol. The molecule has 0 aliphatic heterocycles. The van der Waals surface area contributed by atoms with Crippen LogP contribution in [0, 0.1) is 0 Å². The van der Waals surface area contributed by atoms with Crippen molar-refractivity contribution in [3.8, 4) is 0 Å². The molecule has 0 unspecified atom stereocenters. The van der Waals surface area contributed by atoms with Gasteiger partial charge in [0.1, 0.15) is 11.3 Å². The standard InChI is InChI=1S/C19H17BrO5S/c1-26(22,23)12-13-2-4-14(5-3-13)19(21)24-9-8-17-11-15-10-16(20)6-7-18(15)25-17/h2-7,10-11H,8-9,12H2,1H3. The molecule has 2 aromatic carbocycles. The van der Waals surface area contributed by atoms with Gasteiger partial charge < -0.3 is 9.15 Å². The number of rotatable bonds is 6. The van der Waals surface area contributed by atoms with Crippen LogP contribution >= 0.6 is 15.9 Å². The van der Waals surface area contributed by atoms with E-state index >= 15 is 0 Å². The smallest absolute Gasteiger partial charge is 0.338 e. The second-order valence-corrected chi connectivity index (χ2v) is 9.10. The number of fused-ring (bicyclic) bond motifs is 1. The van der Waals surface area contributed by atoms with Gasteiger partial charge in [0.05, 0.1) is 17.9 Å². The van der Waals surface area contributed by atoms with Crippen LogP contribution in [0.3, 0.4) is 0 Å². The molecule has 7 heteroatoms. The summed E-state index contributed by atoms with van der Waals surface area (Å²) < 4.78 is 34.5. The van der Waals surface area contributed by atoms with Crippen LogP contribution in [0.5, 0.6) is 0 Å². The molecule has 0 fully saturated rings. The molecule has 0 aliphatic rings. The highest BCUT2D eigenvalue weighted by Gasteiger charge is 2.10. The largest absolute Gasteiger partial charge is 0.462 e. The van der Waals surface area contributed by atoms with E-state index in [1.807, 2.05) is 24.3 Å². The van der Waals surface area contributed by atoms with Gasteiger partial charge in [0.15, 0.2) is 9.84 Å². The number of esters is 1. The minimum Gasteiger partial charge on any atom is -0.462 e. The van der Waals surface area contributed by atoms with Crippen molar-refractivity contribution in [2.75, 3.05) is 12.9 Å². The average Bonchev–Trinajstić information content (AvgIpc) is 2.95.